The molecule has 1 atom stereocenters. The maximum atomic E-state index is 12.3. The van der Waals surface area contributed by atoms with Crippen LogP contribution in [0.25, 0.3) is 0 Å². The van der Waals surface area contributed by atoms with Crippen LogP contribution in [0.4, 0.5) is 23.8 Å². The third-order valence-electron chi connectivity index (χ3n) is 2.68. The number of nitrogens with one attached hydrogen (secondary N) is 2. The van der Waals surface area contributed by atoms with Crippen molar-refractivity contribution in [3.8, 4) is 0 Å². The van der Waals surface area contributed by atoms with E-state index in [9.17, 15) is 18.0 Å². The molecule has 0 aromatic carbocycles. The average molecular weight is 302 g/mol. The molecule has 9 heteroatoms. The molecule has 1 aliphatic rings. The highest BCUT2D eigenvalue weighted by Crippen LogP contribution is 2.25. The number of oxime groups is 1. The van der Waals surface area contributed by atoms with Crippen molar-refractivity contribution in [3.05, 3.63) is 23.9 Å². The highest BCUT2D eigenvalue weighted by atomic mass is 19.4. The topological polar surface area (TPSA) is 75.6 Å². The van der Waals surface area contributed by atoms with Crippen LogP contribution in [0.1, 0.15) is 12.1 Å². The Hall–Kier alpha value is -2.32. The fourth-order valence-corrected chi connectivity index (χ4v) is 1.68. The van der Waals surface area contributed by atoms with Crippen LogP contribution >= 0.6 is 0 Å². The number of carbonyl (C=O) groups is 1. The van der Waals surface area contributed by atoms with Gasteiger partial charge in [0.25, 0.3) is 0 Å². The number of aromatic nitrogens is 1. The van der Waals surface area contributed by atoms with E-state index in [1.54, 1.807) is 25.1 Å². The lowest BCUT2D eigenvalue weighted by atomic mass is 10.2. The first-order valence-corrected chi connectivity index (χ1v) is 6.13. The predicted molar refractivity (Wildman–Crippen MR) is 69.0 cm³/mol. The molecule has 2 heterocycles. The largest absolute Gasteiger partial charge is 0.432 e. The number of rotatable bonds is 3. The van der Waals surface area contributed by atoms with Crippen molar-refractivity contribution in [2.75, 3.05) is 11.9 Å². The van der Waals surface area contributed by atoms with E-state index in [1.165, 1.54) is 0 Å². The van der Waals surface area contributed by atoms with Crippen LogP contribution in [0.3, 0.4) is 0 Å². The van der Waals surface area contributed by atoms with Gasteiger partial charge in [0, 0.05) is 12.1 Å². The Balaban J connectivity index is 1.76. The number of aryl methyl sites for hydroxylation is 1. The second kappa shape index (κ2) is 5.98. The van der Waals surface area contributed by atoms with E-state index in [0.29, 0.717) is 5.82 Å². The molecule has 1 aliphatic heterocycles. The lowest BCUT2D eigenvalue weighted by molar-refractivity contribution is -0.0604. The van der Waals surface area contributed by atoms with Gasteiger partial charge in [0.05, 0.1) is 6.54 Å². The van der Waals surface area contributed by atoms with Crippen molar-refractivity contribution in [1.29, 1.82) is 0 Å². The summed E-state index contributed by atoms with van der Waals surface area (Å²) in [5.74, 6) is 0.354. The van der Waals surface area contributed by atoms with Gasteiger partial charge in [0.2, 0.25) is 0 Å². The fraction of sp³-hybridized carbons (Fsp3) is 0.417. The van der Waals surface area contributed by atoms with E-state index in [4.69, 9.17) is 0 Å². The third kappa shape index (κ3) is 4.33. The molecule has 6 nitrogen and oxygen atoms in total. The molecule has 0 saturated heterocycles. The molecule has 0 saturated carbocycles. The highest BCUT2D eigenvalue weighted by molar-refractivity contribution is 5.91. The van der Waals surface area contributed by atoms with Crippen LogP contribution < -0.4 is 10.6 Å². The van der Waals surface area contributed by atoms with E-state index >= 15 is 0 Å². The molecule has 114 valence electrons. The number of pyridine rings is 1. The van der Waals surface area contributed by atoms with Crippen LogP contribution in [-0.4, -0.2) is 35.6 Å². The van der Waals surface area contributed by atoms with E-state index < -0.39 is 24.0 Å². The summed E-state index contributed by atoms with van der Waals surface area (Å²) in [5, 5.41) is 7.85. The van der Waals surface area contributed by atoms with E-state index in [1.807, 2.05) is 0 Å². The fourth-order valence-electron chi connectivity index (χ4n) is 1.68. The summed E-state index contributed by atoms with van der Waals surface area (Å²) in [6, 6.07) is 4.52. The molecular formula is C12H13F3N4O2. The van der Waals surface area contributed by atoms with E-state index in [0.717, 1.165) is 5.69 Å². The number of amides is 2. The summed E-state index contributed by atoms with van der Waals surface area (Å²) in [6.45, 7) is 1.69. The van der Waals surface area contributed by atoms with Gasteiger partial charge in [-0.2, -0.15) is 13.2 Å². The van der Waals surface area contributed by atoms with Crippen molar-refractivity contribution >= 4 is 17.6 Å². The third-order valence-corrected chi connectivity index (χ3v) is 2.68. The maximum Gasteiger partial charge on any atom is 0.432 e. The number of carbonyl (C=O) groups excluding carboxylic acids is 1. The summed E-state index contributed by atoms with van der Waals surface area (Å²) in [7, 11) is 0. The summed E-state index contributed by atoms with van der Waals surface area (Å²) in [6.07, 6.45) is -5.70. The number of hydrogen-bond acceptors (Lipinski definition) is 4. The van der Waals surface area contributed by atoms with E-state index in [2.05, 4.69) is 25.6 Å². The number of hydrogen-bond donors (Lipinski definition) is 2. The normalized spacial score (nSPS) is 17.9. The first-order chi connectivity index (χ1) is 9.84. The van der Waals surface area contributed by atoms with Gasteiger partial charge in [0.15, 0.2) is 11.8 Å². The Morgan fingerprint density at radius 2 is 2.24 bits per heavy atom. The predicted octanol–water partition coefficient (Wildman–Crippen LogP) is 2.22. The molecule has 2 rings (SSSR count). The molecule has 0 aliphatic carbocycles. The van der Waals surface area contributed by atoms with Gasteiger partial charge in [-0.3, -0.25) is 5.32 Å². The second-order valence-corrected chi connectivity index (χ2v) is 4.47. The van der Waals surface area contributed by atoms with Crippen LogP contribution in [0.15, 0.2) is 23.4 Å². The number of urea groups is 1. The summed E-state index contributed by atoms with van der Waals surface area (Å²) < 4.78 is 37.0. The standard InChI is InChI=1S/C12H13F3N4O2/c1-7-3-2-4-10(17-7)18-11(20)16-6-8-5-9(19-21-8)12(13,14)15/h2-4,8H,5-6H2,1H3,(H2,16,17,18,20)/t8-/m0/s1. The minimum atomic E-state index is -4.50. The zero-order valence-corrected chi connectivity index (χ0v) is 11.1. The van der Waals surface area contributed by atoms with Crippen LogP contribution in [0.5, 0.6) is 0 Å². The highest BCUT2D eigenvalue weighted by Gasteiger charge is 2.41. The molecule has 1 aromatic rings. The van der Waals surface area contributed by atoms with Crippen molar-refractivity contribution in [2.45, 2.75) is 25.6 Å². The van der Waals surface area contributed by atoms with Gasteiger partial charge in [0.1, 0.15) is 5.82 Å². The minimum Gasteiger partial charge on any atom is -0.390 e. The Kier molecular flexibility index (Phi) is 4.29. The molecular weight excluding hydrogens is 289 g/mol. The number of alkyl halides is 3. The summed E-state index contributed by atoms with van der Waals surface area (Å²) >= 11 is 0. The van der Waals surface area contributed by atoms with Crippen LogP contribution in [0.2, 0.25) is 0 Å². The van der Waals surface area contributed by atoms with Crippen molar-refractivity contribution in [1.82, 2.24) is 10.3 Å². The Morgan fingerprint density at radius 1 is 1.48 bits per heavy atom. The van der Waals surface area contributed by atoms with Crippen molar-refractivity contribution in [2.24, 2.45) is 5.16 Å². The van der Waals surface area contributed by atoms with Gasteiger partial charge in [-0.1, -0.05) is 11.2 Å². The number of nitrogens with zero attached hydrogens (tertiary/aromatic N) is 2. The Labute approximate surface area is 118 Å². The molecule has 2 amide bonds. The van der Waals surface area contributed by atoms with Gasteiger partial charge in [-0.25, -0.2) is 9.78 Å². The minimum absolute atomic E-state index is 0.0826. The smallest absolute Gasteiger partial charge is 0.390 e. The Bertz CT molecular complexity index is 560. The van der Waals surface area contributed by atoms with E-state index in [-0.39, 0.29) is 13.0 Å². The molecule has 2 N–H and O–H groups in total. The summed E-state index contributed by atoms with van der Waals surface area (Å²) in [5.41, 5.74) is -0.245. The first kappa shape index (κ1) is 15.1. The molecule has 1 aromatic heterocycles. The molecule has 0 radical (unpaired) electrons. The average Bonchev–Trinajstić information content (AvgIpc) is 2.85. The lowest BCUT2D eigenvalue weighted by Crippen LogP contribution is -2.36. The Morgan fingerprint density at radius 3 is 2.86 bits per heavy atom. The molecule has 0 bridgehead atoms. The quantitative estimate of drug-likeness (QED) is 0.899. The van der Waals surface area contributed by atoms with Gasteiger partial charge < -0.3 is 10.2 Å². The molecule has 21 heavy (non-hydrogen) atoms. The summed E-state index contributed by atoms with van der Waals surface area (Å²) in [4.78, 5) is 20.3. The van der Waals surface area contributed by atoms with Crippen LogP contribution in [0, 0.1) is 6.92 Å². The second-order valence-electron chi connectivity index (χ2n) is 4.47. The van der Waals surface area contributed by atoms with Gasteiger partial charge in [-0.05, 0) is 19.1 Å². The van der Waals surface area contributed by atoms with Gasteiger partial charge >= 0.3 is 12.2 Å². The number of anilines is 1. The van der Waals surface area contributed by atoms with Crippen molar-refractivity contribution < 1.29 is 22.8 Å². The molecule has 0 unspecified atom stereocenters. The van der Waals surface area contributed by atoms with Crippen LogP contribution in [-0.2, 0) is 4.84 Å². The number of halogens is 3. The lowest BCUT2D eigenvalue weighted by Gasteiger charge is -2.11. The maximum absolute atomic E-state index is 12.3. The van der Waals surface area contributed by atoms with Crippen molar-refractivity contribution in [3.63, 3.8) is 0 Å². The van der Waals surface area contributed by atoms with Gasteiger partial charge in [-0.15, -0.1) is 0 Å². The molecule has 0 fully saturated rings. The zero-order chi connectivity index (χ0) is 15.5. The first-order valence-electron chi connectivity index (χ1n) is 6.13. The monoisotopic (exact) mass is 302 g/mol. The zero-order valence-electron chi connectivity index (χ0n) is 11.1. The SMILES string of the molecule is Cc1cccc(NC(=O)NC[C@@H]2CC(C(F)(F)F)=NO2)n1. The molecule has 0 spiro atoms.